The summed E-state index contributed by atoms with van der Waals surface area (Å²) in [5.41, 5.74) is -0.617. The molecule has 0 radical (unpaired) electrons. The Morgan fingerprint density at radius 2 is 0.775 bits per heavy atom. The van der Waals surface area contributed by atoms with Crippen molar-refractivity contribution in [2.24, 2.45) is 11.3 Å². The highest BCUT2D eigenvalue weighted by molar-refractivity contribution is 5.72. The van der Waals surface area contributed by atoms with E-state index < -0.39 is 11.4 Å². The molecule has 0 fully saturated rings. The summed E-state index contributed by atoms with van der Waals surface area (Å²) in [6.07, 6.45) is 39.0. The van der Waals surface area contributed by atoms with Crippen LogP contribution in [0, 0.1) is 11.3 Å². The van der Waals surface area contributed by atoms with Crippen LogP contribution in [0.15, 0.2) is 0 Å². The molecule has 0 saturated heterocycles. The first-order valence-electron chi connectivity index (χ1n) is 18.3. The molecule has 0 rings (SSSR count). The maximum absolute atomic E-state index is 12.3. The van der Waals surface area contributed by atoms with Crippen LogP contribution < -0.4 is 11.3 Å². The normalized spacial score (nSPS) is 13.6. The lowest BCUT2D eigenvalue weighted by atomic mass is 9.69. The van der Waals surface area contributed by atoms with Gasteiger partial charge in [0.2, 0.25) is 0 Å². The average Bonchev–Trinajstić information content (AvgIpc) is 2.93. The number of carbonyl (C=O) groups excluding carboxylic acids is 1. The Morgan fingerprint density at radius 3 is 1.05 bits per heavy atom. The smallest absolute Gasteiger partial charge is 0.0478 e. The predicted molar refractivity (Wildman–Crippen MR) is 178 cm³/mol. The zero-order chi connectivity index (χ0) is 28.9. The third-order valence-electron chi connectivity index (χ3n) is 9.70. The quantitative estimate of drug-likeness (QED) is 0.0820. The van der Waals surface area contributed by atoms with Crippen molar-refractivity contribution in [3.63, 3.8) is 0 Å². The Hall–Kier alpha value is -0.570. The largest absolute Gasteiger partial charge is 0.550 e. The van der Waals surface area contributed by atoms with E-state index in [9.17, 15) is 9.90 Å². The highest BCUT2D eigenvalue weighted by Crippen LogP contribution is 2.39. The first-order valence-corrected chi connectivity index (χ1v) is 18.3. The van der Waals surface area contributed by atoms with Gasteiger partial charge in [-0.1, -0.05) is 201 Å². The number of quaternary nitrogens is 1. The third-order valence-corrected chi connectivity index (χ3v) is 9.70. The van der Waals surface area contributed by atoms with Gasteiger partial charge in [-0.05, 0) is 25.2 Å². The second kappa shape index (κ2) is 31.4. The standard InChI is InChI=1S/C37H74O2.H3N/c1-5-8-10-12-14-16-18-20-22-24-26-28-30-32-34-37(7-3,36(38)39)35(4)33-31-29-27-25-23-21-19-17-15-13-11-9-6-2;/h35H,5-34H2,1-4H3,(H,38,39);1H3. The molecule has 0 aliphatic carbocycles. The number of carboxylic acids is 1. The van der Waals surface area contributed by atoms with E-state index in [2.05, 4.69) is 27.7 Å². The van der Waals surface area contributed by atoms with E-state index in [0.717, 1.165) is 19.3 Å². The van der Waals surface area contributed by atoms with E-state index in [-0.39, 0.29) is 12.1 Å². The molecule has 0 aliphatic rings. The molecule has 0 heterocycles. The Balaban J connectivity index is 0. The van der Waals surface area contributed by atoms with Crippen LogP contribution in [0.4, 0.5) is 0 Å². The number of hydrogen-bond donors (Lipinski definition) is 1. The fourth-order valence-electron chi connectivity index (χ4n) is 6.60. The van der Waals surface area contributed by atoms with Gasteiger partial charge in [-0.2, -0.15) is 0 Å². The lowest BCUT2D eigenvalue weighted by Gasteiger charge is -2.40. The summed E-state index contributed by atoms with van der Waals surface area (Å²) in [7, 11) is 0. The van der Waals surface area contributed by atoms with E-state index in [4.69, 9.17) is 0 Å². The molecule has 0 saturated carbocycles. The summed E-state index contributed by atoms with van der Waals surface area (Å²) in [5.74, 6) is -0.566. The van der Waals surface area contributed by atoms with Gasteiger partial charge in [0.15, 0.2) is 0 Å². The number of rotatable bonds is 32. The Labute approximate surface area is 253 Å². The molecule has 40 heavy (non-hydrogen) atoms. The second-order valence-corrected chi connectivity index (χ2v) is 13.1. The minimum atomic E-state index is -0.790. The van der Waals surface area contributed by atoms with Crippen molar-refractivity contribution in [2.75, 3.05) is 0 Å². The minimum absolute atomic E-state index is 0. The van der Waals surface area contributed by atoms with Crippen LogP contribution in [0.5, 0.6) is 0 Å². The van der Waals surface area contributed by atoms with E-state index in [1.165, 1.54) is 167 Å². The fourth-order valence-corrected chi connectivity index (χ4v) is 6.60. The van der Waals surface area contributed by atoms with Crippen molar-refractivity contribution in [2.45, 2.75) is 220 Å². The van der Waals surface area contributed by atoms with Crippen LogP contribution in [0.1, 0.15) is 220 Å². The van der Waals surface area contributed by atoms with Crippen LogP contribution in [0.3, 0.4) is 0 Å². The van der Waals surface area contributed by atoms with Crippen molar-refractivity contribution in [3.8, 4) is 0 Å². The van der Waals surface area contributed by atoms with Crippen LogP contribution in [-0.2, 0) is 4.79 Å². The van der Waals surface area contributed by atoms with Crippen LogP contribution in [0.25, 0.3) is 0 Å². The van der Waals surface area contributed by atoms with Gasteiger partial charge in [-0.3, -0.25) is 0 Å². The lowest BCUT2D eigenvalue weighted by molar-refractivity contribution is -0.323. The molecule has 4 N–H and O–H groups in total. The highest BCUT2D eigenvalue weighted by Gasteiger charge is 2.35. The summed E-state index contributed by atoms with van der Waals surface area (Å²) in [6, 6.07) is 0. The van der Waals surface area contributed by atoms with Gasteiger partial charge in [0, 0.05) is 11.4 Å². The van der Waals surface area contributed by atoms with Gasteiger partial charge in [0.1, 0.15) is 0 Å². The molecule has 2 unspecified atom stereocenters. The van der Waals surface area contributed by atoms with Crippen molar-refractivity contribution in [3.05, 3.63) is 0 Å². The van der Waals surface area contributed by atoms with Crippen LogP contribution >= 0.6 is 0 Å². The Morgan fingerprint density at radius 1 is 0.500 bits per heavy atom. The highest BCUT2D eigenvalue weighted by atomic mass is 16.4. The maximum atomic E-state index is 12.3. The molecular weight excluding hydrogens is 490 g/mol. The third kappa shape index (κ3) is 23.0. The van der Waals surface area contributed by atoms with E-state index in [0.29, 0.717) is 6.42 Å². The van der Waals surface area contributed by atoms with Gasteiger partial charge in [-0.25, -0.2) is 0 Å². The van der Waals surface area contributed by atoms with Crippen molar-refractivity contribution < 1.29 is 9.90 Å². The predicted octanol–water partition coefficient (Wildman–Crippen LogP) is 12.5. The summed E-state index contributed by atoms with van der Waals surface area (Å²) in [5, 5.41) is 12.3. The van der Waals surface area contributed by atoms with Gasteiger partial charge in [0.25, 0.3) is 0 Å². The molecule has 3 nitrogen and oxygen atoms in total. The van der Waals surface area contributed by atoms with Crippen molar-refractivity contribution in [1.82, 2.24) is 6.15 Å². The maximum Gasteiger partial charge on any atom is 0.0478 e. The molecule has 0 aliphatic heterocycles. The number of carbonyl (C=O) groups is 1. The summed E-state index contributed by atoms with van der Waals surface area (Å²) in [4.78, 5) is 12.3. The van der Waals surface area contributed by atoms with Gasteiger partial charge >= 0.3 is 0 Å². The summed E-state index contributed by atoms with van der Waals surface area (Å²) < 4.78 is 0. The first kappa shape index (κ1) is 41.6. The molecule has 3 heteroatoms. The zero-order valence-corrected chi connectivity index (χ0v) is 28.6. The van der Waals surface area contributed by atoms with E-state index >= 15 is 0 Å². The molecular formula is C37H77NO2. The molecule has 0 aromatic rings. The monoisotopic (exact) mass is 568 g/mol. The molecule has 0 aromatic carbocycles. The van der Waals surface area contributed by atoms with Crippen LogP contribution in [-0.4, -0.2) is 5.97 Å². The molecule has 0 spiro atoms. The number of carboxylic acid groups (broad SMARTS) is 1. The van der Waals surface area contributed by atoms with Crippen LogP contribution in [0.2, 0.25) is 0 Å². The Kier molecular flexibility index (Phi) is 32.6. The van der Waals surface area contributed by atoms with Gasteiger partial charge in [-0.15, -0.1) is 0 Å². The minimum Gasteiger partial charge on any atom is -0.550 e. The van der Waals surface area contributed by atoms with Gasteiger partial charge < -0.3 is 16.1 Å². The van der Waals surface area contributed by atoms with Gasteiger partial charge in [0.05, 0.1) is 0 Å². The number of unbranched alkanes of at least 4 members (excludes halogenated alkanes) is 25. The second-order valence-electron chi connectivity index (χ2n) is 13.1. The van der Waals surface area contributed by atoms with Crippen molar-refractivity contribution >= 4 is 5.97 Å². The zero-order valence-electron chi connectivity index (χ0n) is 28.6. The topological polar surface area (TPSA) is 76.6 Å². The summed E-state index contributed by atoms with van der Waals surface area (Å²) in [6.45, 7) is 8.82. The van der Waals surface area contributed by atoms with Crippen molar-refractivity contribution in [1.29, 1.82) is 0 Å². The average molecular weight is 568 g/mol. The number of aliphatic carboxylic acids is 1. The molecule has 242 valence electrons. The molecule has 0 aromatic heterocycles. The lowest BCUT2D eigenvalue weighted by Crippen LogP contribution is -2.46. The summed E-state index contributed by atoms with van der Waals surface area (Å²) >= 11 is 0. The molecule has 0 bridgehead atoms. The first-order chi connectivity index (χ1) is 19.0. The molecule has 0 amide bonds. The SMILES string of the molecule is CCCCCCCCCCCCCCCCC(CC)(C(=O)[O-])C(C)CCCCCCCCCCCCCCC.[NH4+]. The van der Waals surface area contributed by atoms with E-state index in [1.807, 2.05) is 0 Å². The number of hydrogen-bond acceptors (Lipinski definition) is 2. The molecule has 2 atom stereocenters. The fraction of sp³-hybridized carbons (Fsp3) is 0.973. The van der Waals surface area contributed by atoms with E-state index in [1.54, 1.807) is 0 Å². The Bertz CT molecular complexity index is 508.